The quantitative estimate of drug-likeness (QED) is 0.677. The molecule has 1 atom stereocenters. The molecule has 128 valence electrons. The second-order valence-corrected chi connectivity index (χ2v) is 9.86. The molecule has 4 rings (SSSR count). The van der Waals surface area contributed by atoms with Crippen molar-refractivity contribution in [2.45, 2.75) is 22.1 Å². The number of hydrogen-bond acceptors (Lipinski definition) is 5. The van der Waals surface area contributed by atoms with Gasteiger partial charge in [-0.2, -0.15) is 0 Å². The number of fused-ring (bicyclic) bond motifs is 1. The maximum atomic E-state index is 13.0. The van der Waals surface area contributed by atoms with Gasteiger partial charge < -0.3 is 5.32 Å². The largest absolute Gasteiger partial charge is 0.324 e. The highest BCUT2D eigenvalue weighted by Gasteiger charge is 2.34. The predicted molar refractivity (Wildman–Crippen MR) is 101 cm³/mol. The number of benzene rings is 1. The molecule has 1 aliphatic rings. The summed E-state index contributed by atoms with van der Waals surface area (Å²) in [5.41, 5.74) is 0.412. The Bertz CT molecular complexity index is 1040. The van der Waals surface area contributed by atoms with Gasteiger partial charge in [0.2, 0.25) is 15.7 Å². The summed E-state index contributed by atoms with van der Waals surface area (Å²) in [6, 6.07) is 9.95. The highest BCUT2D eigenvalue weighted by molar-refractivity contribution is 7.91. The predicted octanol–water partition coefficient (Wildman–Crippen LogP) is 4.77. The maximum absolute atomic E-state index is 13.0. The summed E-state index contributed by atoms with van der Waals surface area (Å²) in [7, 11) is -3.73. The Morgan fingerprint density at radius 2 is 1.88 bits per heavy atom. The van der Waals surface area contributed by atoms with Crippen LogP contribution in [-0.2, 0) is 14.6 Å². The first-order chi connectivity index (χ1) is 12.0. The molecule has 2 aromatic heterocycles. The van der Waals surface area contributed by atoms with Gasteiger partial charge in [0.1, 0.15) is 4.90 Å². The van der Waals surface area contributed by atoms with Crippen molar-refractivity contribution in [2.24, 2.45) is 0 Å². The first kappa shape index (κ1) is 16.8. The Kier molecular flexibility index (Phi) is 4.19. The first-order valence-corrected chi connectivity index (χ1v) is 11.0. The van der Waals surface area contributed by atoms with Crippen LogP contribution in [0, 0.1) is 0 Å². The topological polar surface area (TPSA) is 63.2 Å². The van der Waals surface area contributed by atoms with E-state index in [0.717, 1.165) is 9.75 Å². The Morgan fingerprint density at radius 3 is 2.56 bits per heavy atom. The summed E-state index contributed by atoms with van der Waals surface area (Å²) < 4.78 is 26.0. The summed E-state index contributed by atoms with van der Waals surface area (Å²) in [6.07, 6.45) is 0.328. The number of nitrogens with one attached hydrogen (secondary N) is 1. The smallest absolute Gasteiger partial charge is 0.225 e. The zero-order valence-electron chi connectivity index (χ0n) is 12.7. The van der Waals surface area contributed by atoms with E-state index in [-0.39, 0.29) is 21.6 Å². The third kappa shape index (κ3) is 2.91. The SMILES string of the molecule is O=C1C[C@@H](c2cccs2)c2scc(S(=O)(=O)c3ccc(Cl)cc3)c2N1. The lowest BCUT2D eigenvalue weighted by molar-refractivity contribution is -0.116. The van der Waals surface area contributed by atoms with Gasteiger partial charge in [0, 0.05) is 32.5 Å². The van der Waals surface area contributed by atoms with Crippen LogP contribution >= 0.6 is 34.3 Å². The molecule has 0 saturated carbocycles. The Hall–Kier alpha value is -1.67. The van der Waals surface area contributed by atoms with Gasteiger partial charge in [-0.05, 0) is 35.7 Å². The lowest BCUT2D eigenvalue weighted by Crippen LogP contribution is -2.23. The van der Waals surface area contributed by atoms with Gasteiger partial charge in [0.05, 0.1) is 10.6 Å². The van der Waals surface area contributed by atoms with Crippen molar-refractivity contribution in [3.63, 3.8) is 0 Å². The molecule has 1 aromatic carbocycles. The summed E-state index contributed by atoms with van der Waals surface area (Å²) in [5, 5.41) is 6.80. The lowest BCUT2D eigenvalue weighted by atomic mass is 9.97. The molecule has 0 aliphatic carbocycles. The van der Waals surface area contributed by atoms with E-state index < -0.39 is 9.84 Å². The normalized spacial score (nSPS) is 17.2. The number of carbonyl (C=O) groups excluding carboxylic acids is 1. The number of rotatable bonds is 3. The lowest BCUT2D eigenvalue weighted by Gasteiger charge is -2.22. The molecule has 0 bridgehead atoms. The minimum Gasteiger partial charge on any atom is -0.324 e. The molecule has 0 radical (unpaired) electrons. The zero-order chi connectivity index (χ0) is 17.6. The summed E-state index contributed by atoms with van der Waals surface area (Å²) >= 11 is 8.79. The molecule has 3 aromatic rings. The molecule has 0 saturated heterocycles. The maximum Gasteiger partial charge on any atom is 0.225 e. The van der Waals surface area contributed by atoms with Crippen molar-refractivity contribution in [3.8, 4) is 0 Å². The minimum absolute atomic E-state index is 0.0945. The van der Waals surface area contributed by atoms with Crippen LogP contribution in [0.2, 0.25) is 5.02 Å². The molecule has 8 heteroatoms. The number of amides is 1. The van der Waals surface area contributed by atoms with Crippen LogP contribution in [0.25, 0.3) is 0 Å². The minimum atomic E-state index is -3.73. The fourth-order valence-electron chi connectivity index (χ4n) is 2.86. The first-order valence-electron chi connectivity index (χ1n) is 7.42. The average molecular weight is 410 g/mol. The van der Waals surface area contributed by atoms with Crippen molar-refractivity contribution in [1.82, 2.24) is 0 Å². The van der Waals surface area contributed by atoms with Crippen molar-refractivity contribution >= 4 is 55.7 Å². The monoisotopic (exact) mass is 409 g/mol. The fourth-order valence-corrected chi connectivity index (χ4v) is 6.80. The molecular formula is C17H12ClNO3S3. The van der Waals surface area contributed by atoms with Crippen molar-refractivity contribution in [1.29, 1.82) is 0 Å². The van der Waals surface area contributed by atoms with Crippen LogP contribution in [0.5, 0.6) is 0 Å². The van der Waals surface area contributed by atoms with Crippen molar-refractivity contribution < 1.29 is 13.2 Å². The fraction of sp³-hybridized carbons (Fsp3) is 0.118. The van der Waals surface area contributed by atoms with Gasteiger partial charge in [-0.15, -0.1) is 22.7 Å². The number of carbonyl (C=O) groups is 1. The van der Waals surface area contributed by atoms with Crippen molar-refractivity contribution in [2.75, 3.05) is 5.32 Å². The number of thiophene rings is 2. The van der Waals surface area contributed by atoms with Crippen LogP contribution in [0.1, 0.15) is 22.1 Å². The van der Waals surface area contributed by atoms with E-state index in [1.54, 1.807) is 28.8 Å². The molecule has 0 fully saturated rings. The Balaban J connectivity index is 1.83. The summed E-state index contributed by atoms with van der Waals surface area (Å²) in [4.78, 5) is 14.4. The average Bonchev–Trinajstić information content (AvgIpc) is 3.24. The second-order valence-electron chi connectivity index (χ2n) is 5.62. The molecule has 25 heavy (non-hydrogen) atoms. The number of sulfone groups is 1. The molecular weight excluding hydrogens is 398 g/mol. The van der Waals surface area contributed by atoms with E-state index >= 15 is 0 Å². The molecule has 3 heterocycles. The van der Waals surface area contributed by atoms with Crippen LogP contribution in [0.15, 0.2) is 56.9 Å². The van der Waals surface area contributed by atoms with Crippen LogP contribution in [0.3, 0.4) is 0 Å². The van der Waals surface area contributed by atoms with Gasteiger partial charge in [0.15, 0.2) is 0 Å². The highest BCUT2D eigenvalue weighted by Crippen LogP contribution is 2.46. The number of anilines is 1. The van der Waals surface area contributed by atoms with Gasteiger partial charge in [-0.3, -0.25) is 4.79 Å². The van der Waals surface area contributed by atoms with E-state index in [1.807, 2.05) is 17.5 Å². The van der Waals surface area contributed by atoms with Gasteiger partial charge in [0.25, 0.3) is 0 Å². The molecule has 0 spiro atoms. The van der Waals surface area contributed by atoms with Crippen LogP contribution in [-0.4, -0.2) is 14.3 Å². The van der Waals surface area contributed by atoms with E-state index in [4.69, 9.17) is 11.6 Å². The molecule has 4 nitrogen and oxygen atoms in total. The standard InChI is InChI=1S/C17H12ClNO3S3/c18-10-3-5-11(6-4-10)25(21,22)14-9-24-17-12(13-2-1-7-23-13)8-15(20)19-16(14)17/h1-7,9,12H,8H2,(H,19,20)/t12-/m0/s1. The Morgan fingerprint density at radius 1 is 1.12 bits per heavy atom. The number of hydrogen-bond donors (Lipinski definition) is 1. The van der Waals surface area contributed by atoms with Crippen LogP contribution < -0.4 is 5.32 Å². The number of halogens is 1. The molecule has 1 N–H and O–H groups in total. The summed E-state index contributed by atoms with van der Waals surface area (Å²) in [6.45, 7) is 0. The van der Waals surface area contributed by atoms with E-state index in [9.17, 15) is 13.2 Å². The van der Waals surface area contributed by atoms with Gasteiger partial charge in [-0.25, -0.2) is 8.42 Å². The molecule has 1 aliphatic heterocycles. The van der Waals surface area contributed by atoms with Crippen molar-refractivity contribution in [3.05, 3.63) is 61.9 Å². The van der Waals surface area contributed by atoms with E-state index in [2.05, 4.69) is 5.32 Å². The van der Waals surface area contributed by atoms with E-state index in [1.165, 1.54) is 23.5 Å². The third-order valence-electron chi connectivity index (χ3n) is 4.06. The third-order valence-corrected chi connectivity index (χ3v) is 8.33. The summed E-state index contributed by atoms with van der Waals surface area (Å²) in [5.74, 6) is -0.264. The van der Waals surface area contributed by atoms with Gasteiger partial charge >= 0.3 is 0 Å². The zero-order valence-corrected chi connectivity index (χ0v) is 15.9. The highest BCUT2D eigenvalue weighted by atomic mass is 35.5. The van der Waals surface area contributed by atoms with Crippen LogP contribution in [0.4, 0.5) is 5.69 Å². The molecule has 0 unspecified atom stereocenters. The second kappa shape index (κ2) is 6.25. The Labute approximate surface area is 158 Å². The van der Waals surface area contributed by atoms with E-state index in [0.29, 0.717) is 17.1 Å². The molecule has 1 amide bonds. The van der Waals surface area contributed by atoms with Gasteiger partial charge in [-0.1, -0.05) is 17.7 Å².